The van der Waals surface area contributed by atoms with Gasteiger partial charge in [-0.25, -0.2) is 4.39 Å². The average Bonchev–Trinajstić information content (AvgIpc) is 2.47. The van der Waals surface area contributed by atoms with E-state index in [0.29, 0.717) is 18.2 Å². The molecule has 1 saturated heterocycles. The zero-order chi connectivity index (χ0) is 15.2. The number of piperidine rings is 1. The number of rotatable bonds is 5. The number of likely N-dealkylation sites (tertiary alicyclic amines) is 1. The summed E-state index contributed by atoms with van der Waals surface area (Å²) in [5.74, 6) is 0.254. The smallest absolute Gasteiger partial charge is 0.263 e. The normalized spacial score (nSPS) is 20.1. The van der Waals surface area contributed by atoms with Crippen molar-refractivity contribution in [3.63, 3.8) is 0 Å². The van der Waals surface area contributed by atoms with Crippen molar-refractivity contribution in [1.29, 1.82) is 0 Å². The van der Waals surface area contributed by atoms with Crippen LogP contribution in [0, 0.1) is 11.7 Å². The Labute approximate surface area is 124 Å². The zero-order valence-electron chi connectivity index (χ0n) is 12.3. The molecule has 0 spiro atoms. The van der Waals surface area contributed by atoms with Gasteiger partial charge in [-0.15, -0.1) is 0 Å². The van der Waals surface area contributed by atoms with E-state index in [4.69, 9.17) is 9.84 Å². The summed E-state index contributed by atoms with van der Waals surface area (Å²) in [6, 6.07) is 5.80. The number of benzene rings is 1. The van der Waals surface area contributed by atoms with Crippen LogP contribution in [0.4, 0.5) is 4.39 Å². The summed E-state index contributed by atoms with van der Waals surface area (Å²) in [6.45, 7) is 3.22. The molecular formula is C16H22FNO3. The molecule has 2 atom stereocenters. The van der Waals surface area contributed by atoms with Crippen molar-refractivity contribution >= 4 is 5.91 Å². The van der Waals surface area contributed by atoms with Gasteiger partial charge in [0, 0.05) is 25.8 Å². The number of hydrogen-bond acceptors (Lipinski definition) is 3. The van der Waals surface area contributed by atoms with E-state index in [-0.39, 0.29) is 18.3 Å². The van der Waals surface area contributed by atoms with Crippen molar-refractivity contribution in [3.05, 3.63) is 30.1 Å². The minimum Gasteiger partial charge on any atom is -0.481 e. The Morgan fingerprint density at radius 3 is 3.10 bits per heavy atom. The summed E-state index contributed by atoms with van der Waals surface area (Å²) in [5.41, 5.74) is 0. The fraction of sp³-hybridized carbons (Fsp3) is 0.562. The fourth-order valence-corrected chi connectivity index (χ4v) is 2.74. The monoisotopic (exact) mass is 295 g/mol. The Morgan fingerprint density at radius 2 is 2.38 bits per heavy atom. The van der Waals surface area contributed by atoms with Crippen LogP contribution >= 0.6 is 0 Å². The van der Waals surface area contributed by atoms with Gasteiger partial charge in [0.05, 0.1) is 0 Å². The van der Waals surface area contributed by atoms with E-state index < -0.39 is 6.10 Å². The molecule has 2 rings (SSSR count). The molecule has 1 aliphatic rings. The quantitative estimate of drug-likeness (QED) is 0.906. The summed E-state index contributed by atoms with van der Waals surface area (Å²) in [6.07, 6.45) is 2.08. The maximum atomic E-state index is 13.1. The number of carbonyl (C=O) groups excluding carboxylic acids is 1. The first kappa shape index (κ1) is 15.8. The highest BCUT2D eigenvalue weighted by Gasteiger charge is 2.27. The summed E-state index contributed by atoms with van der Waals surface area (Å²) >= 11 is 0. The molecule has 1 N–H and O–H groups in total. The third kappa shape index (κ3) is 4.43. The molecule has 0 bridgehead atoms. The molecule has 0 aliphatic carbocycles. The predicted octanol–water partition coefficient (Wildman–Crippen LogP) is 2.21. The van der Waals surface area contributed by atoms with E-state index in [0.717, 1.165) is 25.8 Å². The predicted molar refractivity (Wildman–Crippen MR) is 77.5 cm³/mol. The highest BCUT2D eigenvalue weighted by molar-refractivity contribution is 5.81. The van der Waals surface area contributed by atoms with Crippen LogP contribution in [-0.4, -0.2) is 41.7 Å². The van der Waals surface area contributed by atoms with E-state index in [1.54, 1.807) is 24.0 Å². The molecular weight excluding hydrogens is 273 g/mol. The first-order valence-electron chi connectivity index (χ1n) is 7.42. The maximum Gasteiger partial charge on any atom is 0.263 e. The lowest BCUT2D eigenvalue weighted by atomic mass is 9.95. The molecule has 21 heavy (non-hydrogen) atoms. The zero-order valence-corrected chi connectivity index (χ0v) is 12.3. The molecule has 5 heteroatoms. The second kappa shape index (κ2) is 7.41. The van der Waals surface area contributed by atoms with Crippen LogP contribution in [0.3, 0.4) is 0 Å². The standard InChI is InChI=1S/C16H22FNO3/c1-12(21-15-6-2-5-14(17)10-15)16(20)18-8-3-4-13(11-18)7-9-19/h2,5-6,10,12-13,19H,3-4,7-9,11H2,1H3. The van der Waals surface area contributed by atoms with Gasteiger partial charge < -0.3 is 14.7 Å². The average molecular weight is 295 g/mol. The van der Waals surface area contributed by atoms with Crippen LogP contribution < -0.4 is 4.74 Å². The Bertz CT molecular complexity index is 478. The Morgan fingerprint density at radius 1 is 1.57 bits per heavy atom. The lowest BCUT2D eigenvalue weighted by Gasteiger charge is -2.34. The lowest BCUT2D eigenvalue weighted by Crippen LogP contribution is -2.45. The summed E-state index contributed by atoms with van der Waals surface area (Å²) in [5, 5.41) is 9.01. The van der Waals surface area contributed by atoms with Crippen LogP contribution in [0.1, 0.15) is 26.2 Å². The number of nitrogens with zero attached hydrogens (tertiary/aromatic N) is 1. The third-order valence-corrected chi connectivity index (χ3v) is 3.82. The van der Waals surface area contributed by atoms with Crippen molar-refractivity contribution in [2.45, 2.75) is 32.3 Å². The van der Waals surface area contributed by atoms with Crippen LogP contribution in [0.5, 0.6) is 5.75 Å². The second-order valence-corrected chi connectivity index (χ2v) is 5.52. The molecule has 1 fully saturated rings. The van der Waals surface area contributed by atoms with E-state index in [1.807, 2.05) is 0 Å². The Kier molecular flexibility index (Phi) is 5.56. The summed E-state index contributed by atoms with van der Waals surface area (Å²) < 4.78 is 18.6. The molecule has 1 heterocycles. The Balaban J connectivity index is 1.92. The van der Waals surface area contributed by atoms with Crippen molar-refractivity contribution < 1.29 is 19.0 Å². The van der Waals surface area contributed by atoms with Crippen molar-refractivity contribution in [1.82, 2.24) is 4.90 Å². The van der Waals surface area contributed by atoms with Gasteiger partial charge in [-0.3, -0.25) is 4.79 Å². The van der Waals surface area contributed by atoms with E-state index >= 15 is 0 Å². The highest BCUT2D eigenvalue weighted by atomic mass is 19.1. The molecule has 1 amide bonds. The molecule has 4 nitrogen and oxygen atoms in total. The van der Waals surface area contributed by atoms with Crippen molar-refractivity contribution in [2.75, 3.05) is 19.7 Å². The number of hydrogen-bond donors (Lipinski definition) is 1. The van der Waals surface area contributed by atoms with E-state index in [1.165, 1.54) is 12.1 Å². The number of amides is 1. The first-order chi connectivity index (χ1) is 10.1. The minimum atomic E-state index is -0.639. The van der Waals surface area contributed by atoms with Gasteiger partial charge in [-0.1, -0.05) is 6.07 Å². The van der Waals surface area contributed by atoms with E-state index in [9.17, 15) is 9.18 Å². The summed E-state index contributed by atoms with van der Waals surface area (Å²) in [7, 11) is 0. The van der Waals surface area contributed by atoms with Crippen molar-refractivity contribution in [3.8, 4) is 5.75 Å². The molecule has 1 aromatic carbocycles. The molecule has 1 aliphatic heterocycles. The van der Waals surface area contributed by atoms with Crippen molar-refractivity contribution in [2.24, 2.45) is 5.92 Å². The first-order valence-corrected chi connectivity index (χ1v) is 7.42. The number of halogens is 1. The van der Waals surface area contributed by atoms with Crippen LogP contribution in [0.25, 0.3) is 0 Å². The number of aliphatic hydroxyl groups is 1. The maximum absolute atomic E-state index is 13.1. The minimum absolute atomic E-state index is 0.0816. The van der Waals surface area contributed by atoms with Gasteiger partial charge in [0.2, 0.25) is 0 Å². The molecule has 0 radical (unpaired) electrons. The van der Waals surface area contributed by atoms with Crippen LogP contribution in [-0.2, 0) is 4.79 Å². The SMILES string of the molecule is CC(Oc1cccc(F)c1)C(=O)N1CCCC(CCO)C1. The van der Waals surface area contributed by atoms with Gasteiger partial charge in [0.25, 0.3) is 5.91 Å². The topological polar surface area (TPSA) is 49.8 Å². The van der Waals surface area contributed by atoms with Gasteiger partial charge in [-0.05, 0) is 44.2 Å². The molecule has 1 aromatic rings. The largest absolute Gasteiger partial charge is 0.481 e. The summed E-state index contributed by atoms with van der Waals surface area (Å²) in [4.78, 5) is 14.2. The molecule has 0 saturated carbocycles. The van der Waals surface area contributed by atoms with Gasteiger partial charge >= 0.3 is 0 Å². The van der Waals surface area contributed by atoms with Crippen LogP contribution in [0.2, 0.25) is 0 Å². The number of ether oxygens (including phenoxy) is 1. The van der Waals surface area contributed by atoms with Crippen LogP contribution in [0.15, 0.2) is 24.3 Å². The molecule has 0 aromatic heterocycles. The molecule has 116 valence electrons. The third-order valence-electron chi connectivity index (χ3n) is 3.82. The molecule has 2 unspecified atom stereocenters. The number of aliphatic hydroxyl groups excluding tert-OH is 1. The van der Waals surface area contributed by atoms with Gasteiger partial charge in [0.1, 0.15) is 11.6 Å². The number of carbonyl (C=O) groups is 1. The fourth-order valence-electron chi connectivity index (χ4n) is 2.74. The van der Waals surface area contributed by atoms with Gasteiger partial charge in [0.15, 0.2) is 6.10 Å². The Hall–Kier alpha value is -1.62. The lowest BCUT2D eigenvalue weighted by molar-refractivity contribution is -0.139. The van der Waals surface area contributed by atoms with Gasteiger partial charge in [-0.2, -0.15) is 0 Å². The highest BCUT2D eigenvalue weighted by Crippen LogP contribution is 2.21. The van der Waals surface area contributed by atoms with E-state index in [2.05, 4.69) is 0 Å². The second-order valence-electron chi connectivity index (χ2n) is 5.52.